The fourth-order valence-corrected chi connectivity index (χ4v) is 4.36. The minimum atomic E-state index is -0.452. The molecule has 166 valence electrons. The van der Waals surface area contributed by atoms with Gasteiger partial charge in [-0.15, -0.1) is 0 Å². The van der Waals surface area contributed by atoms with Crippen LogP contribution in [0.5, 0.6) is 0 Å². The molecule has 32 heavy (non-hydrogen) atoms. The van der Waals surface area contributed by atoms with Crippen LogP contribution in [0.3, 0.4) is 0 Å². The molecule has 2 amide bonds. The van der Waals surface area contributed by atoms with E-state index in [9.17, 15) is 14.4 Å². The highest BCUT2D eigenvalue weighted by molar-refractivity contribution is 6.45. The van der Waals surface area contributed by atoms with Gasteiger partial charge in [0.1, 0.15) is 11.8 Å². The second-order valence-corrected chi connectivity index (χ2v) is 8.44. The Morgan fingerprint density at radius 3 is 2.53 bits per heavy atom. The molecule has 0 spiro atoms. The van der Waals surface area contributed by atoms with Crippen molar-refractivity contribution in [2.45, 2.75) is 44.2 Å². The Balaban J connectivity index is 1.34. The first kappa shape index (κ1) is 21.7. The van der Waals surface area contributed by atoms with Crippen LogP contribution in [0.15, 0.2) is 54.6 Å². The maximum Gasteiger partial charge on any atom is 0.243 e. The molecule has 3 atom stereocenters. The van der Waals surface area contributed by atoms with E-state index in [0.717, 1.165) is 12.8 Å². The van der Waals surface area contributed by atoms with Crippen molar-refractivity contribution in [3.05, 3.63) is 65.7 Å². The zero-order chi connectivity index (χ0) is 22.7. The summed E-state index contributed by atoms with van der Waals surface area (Å²) in [6.07, 6.45) is 2.38. The summed E-state index contributed by atoms with van der Waals surface area (Å²) < 4.78 is 0. The SMILES string of the molecule is CC(=O)C(=N)c1ccccc1NCC(=O)N1CCC[C@H]1C(=O)N[C@H]1C[C@@H]1c1ccccc1. The minimum Gasteiger partial charge on any atom is -0.376 e. The molecule has 7 nitrogen and oxygen atoms in total. The highest BCUT2D eigenvalue weighted by Crippen LogP contribution is 2.40. The molecule has 2 aliphatic rings. The third-order valence-corrected chi connectivity index (χ3v) is 6.20. The van der Waals surface area contributed by atoms with Crippen LogP contribution >= 0.6 is 0 Å². The number of anilines is 1. The number of ketones is 1. The third kappa shape index (κ3) is 4.72. The Morgan fingerprint density at radius 2 is 1.78 bits per heavy atom. The lowest BCUT2D eigenvalue weighted by molar-refractivity contribution is -0.137. The number of nitrogens with one attached hydrogen (secondary N) is 3. The number of para-hydroxylation sites is 1. The van der Waals surface area contributed by atoms with E-state index in [0.29, 0.717) is 30.1 Å². The molecule has 3 N–H and O–H groups in total. The topological polar surface area (TPSA) is 102 Å². The number of hydrogen-bond donors (Lipinski definition) is 3. The molecule has 2 aromatic rings. The normalized spacial score (nSPS) is 21.7. The number of Topliss-reactive ketones (excluding diaryl/α,β-unsaturated/α-hetero) is 1. The molecule has 0 bridgehead atoms. The molecule has 2 aromatic carbocycles. The van der Waals surface area contributed by atoms with Gasteiger partial charge in [0.05, 0.1) is 6.54 Å². The van der Waals surface area contributed by atoms with Crippen molar-refractivity contribution in [2.75, 3.05) is 18.4 Å². The number of nitrogens with zero attached hydrogens (tertiary/aromatic N) is 1. The second-order valence-electron chi connectivity index (χ2n) is 8.44. The zero-order valence-corrected chi connectivity index (χ0v) is 18.1. The van der Waals surface area contributed by atoms with Crippen LogP contribution < -0.4 is 10.6 Å². The van der Waals surface area contributed by atoms with Gasteiger partial charge >= 0.3 is 0 Å². The minimum absolute atomic E-state index is 0.00203. The first-order valence-electron chi connectivity index (χ1n) is 11.0. The molecular formula is C25H28N4O3. The van der Waals surface area contributed by atoms with Crippen molar-refractivity contribution in [1.82, 2.24) is 10.2 Å². The lowest BCUT2D eigenvalue weighted by Crippen LogP contribution is -2.48. The van der Waals surface area contributed by atoms with Gasteiger partial charge in [-0.2, -0.15) is 0 Å². The molecule has 1 aliphatic heterocycles. The summed E-state index contributed by atoms with van der Waals surface area (Å²) in [5.41, 5.74) is 2.15. The lowest BCUT2D eigenvalue weighted by Gasteiger charge is -2.24. The molecule has 1 saturated carbocycles. The summed E-state index contributed by atoms with van der Waals surface area (Å²) in [6.45, 7) is 1.90. The fraction of sp³-hybridized carbons (Fsp3) is 0.360. The van der Waals surface area contributed by atoms with Crippen LogP contribution in [0, 0.1) is 5.41 Å². The summed E-state index contributed by atoms with van der Waals surface area (Å²) >= 11 is 0. The predicted octanol–water partition coefficient (Wildman–Crippen LogP) is 2.72. The molecule has 1 heterocycles. The fourth-order valence-electron chi connectivity index (χ4n) is 4.36. The molecular weight excluding hydrogens is 404 g/mol. The van der Waals surface area contributed by atoms with Crippen molar-refractivity contribution in [3.63, 3.8) is 0 Å². The quantitative estimate of drug-likeness (QED) is 0.558. The van der Waals surface area contributed by atoms with E-state index in [1.54, 1.807) is 29.2 Å². The smallest absolute Gasteiger partial charge is 0.243 e. The Morgan fingerprint density at radius 1 is 1.06 bits per heavy atom. The lowest BCUT2D eigenvalue weighted by atomic mass is 10.1. The van der Waals surface area contributed by atoms with Crippen LogP contribution in [0.4, 0.5) is 5.69 Å². The Labute approximate surface area is 187 Å². The molecule has 0 unspecified atom stereocenters. The van der Waals surface area contributed by atoms with Gasteiger partial charge in [-0.1, -0.05) is 48.5 Å². The number of carbonyl (C=O) groups excluding carboxylic acids is 3. The van der Waals surface area contributed by atoms with Gasteiger partial charge in [0.15, 0.2) is 5.78 Å². The van der Waals surface area contributed by atoms with Crippen molar-refractivity contribution in [1.29, 1.82) is 5.41 Å². The summed E-state index contributed by atoms with van der Waals surface area (Å²) in [7, 11) is 0. The number of benzene rings is 2. The number of rotatable bonds is 8. The number of carbonyl (C=O) groups is 3. The molecule has 4 rings (SSSR count). The summed E-state index contributed by atoms with van der Waals surface area (Å²) in [5, 5.41) is 14.1. The van der Waals surface area contributed by atoms with Crippen molar-refractivity contribution < 1.29 is 14.4 Å². The molecule has 7 heteroatoms. The van der Waals surface area contributed by atoms with E-state index in [-0.39, 0.29) is 35.9 Å². The van der Waals surface area contributed by atoms with Gasteiger partial charge in [0.2, 0.25) is 11.8 Å². The van der Waals surface area contributed by atoms with Crippen molar-refractivity contribution in [2.24, 2.45) is 0 Å². The van der Waals surface area contributed by atoms with Crippen LogP contribution in [-0.4, -0.2) is 53.4 Å². The predicted molar refractivity (Wildman–Crippen MR) is 123 cm³/mol. The van der Waals surface area contributed by atoms with Gasteiger partial charge in [0, 0.05) is 36.7 Å². The molecule has 2 fully saturated rings. The van der Waals surface area contributed by atoms with Gasteiger partial charge in [-0.05, 0) is 30.9 Å². The molecule has 0 radical (unpaired) electrons. The van der Waals surface area contributed by atoms with Gasteiger partial charge < -0.3 is 15.5 Å². The maximum atomic E-state index is 12.9. The average Bonchev–Trinajstić information content (AvgIpc) is 3.39. The van der Waals surface area contributed by atoms with Gasteiger partial charge in [-0.3, -0.25) is 19.8 Å². The first-order chi connectivity index (χ1) is 15.5. The van der Waals surface area contributed by atoms with Crippen LogP contribution in [-0.2, 0) is 14.4 Å². The first-order valence-corrected chi connectivity index (χ1v) is 11.0. The molecule has 1 aliphatic carbocycles. The van der Waals surface area contributed by atoms with Crippen LogP contribution in [0.25, 0.3) is 0 Å². The van der Waals surface area contributed by atoms with E-state index in [2.05, 4.69) is 22.8 Å². The van der Waals surface area contributed by atoms with E-state index in [1.165, 1.54) is 12.5 Å². The van der Waals surface area contributed by atoms with Crippen molar-refractivity contribution >= 4 is 29.0 Å². The number of hydrogen-bond acceptors (Lipinski definition) is 5. The van der Waals surface area contributed by atoms with E-state index in [1.807, 2.05) is 18.2 Å². The van der Waals surface area contributed by atoms with E-state index in [4.69, 9.17) is 5.41 Å². The largest absolute Gasteiger partial charge is 0.376 e. The average molecular weight is 433 g/mol. The monoisotopic (exact) mass is 432 g/mol. The van der Waals surface area contributed by atoms with Crippen LogP contribution in [0.2, 0.25) is 0 Å². The van der Waals surface area contributed by atoms with Gasteiger partial charge in [-0.25, -0.2) is 0 Å². The Hall–Kier alpha value is -3.48. The van der Waals surface area contributed by atoms with E-state index >= 15 is 0 Å². The highest BCUT2D eigenvalue weighted by Gasteiger charge is 2.42. The van der Waals surface area contributed by atoms with E-state index < -0.39 is 6.04 Å². The highest BCUT2D eigenvalue weighted by atomic mass is 16.2. The Bertz CT molecular complexity index is 1040. The number of amides is 2. The summed E-state index contributed by atoms with van der Waals surface area (Å²) in [5.74, 6) is -0.239. The maximum absolute atomic E-state index is 12.9. The van der Waals surface area contributed by atoms with Crippen LogP contribution in [0.1, 0.15) is 43.2 Å². The summed E-state index contributed by atoms with van der Waals surface area (Å²) in [6, 6.07) is 16.8. The number of likely N-dealkylation sites (tertiary alicyclic amines) is 1. The zero-order valence-electron chi connectivity index (χ0n) is 18.1. The van der Waals surface area contributed by atoms with Crippen molar-refractivity contribution in [3.8, 4) is 0 Å². The second kappa shape index (κ2) is 9.34. The molecule has 1 saturated heterocycles. The van der Waals surface area contributed by atoms with Gasteiger partial charge in [0.25, 0.3) is 0 Å². The molecule has 0 aromatic heterocycles. The third-order valence-electron chi connectivity index (χ3n) is 6.20. The summed E-state index contributed by atoms with van der Waals surface area (Å²) in [4.78, 5) is 39.0. The standard InChI is InChI=1S/C25H28N4O3/c1-16(30)24(26)18-10-5-6-11-20(18)27-15-23(31)29-13-7-12-22(29)25(32)28-21-14-19(21)17-8-3-2-4-9-17/h2-6,8-11,19,21-22,26-27H,7,12-15H2,1H3,(H,28,32)/t19-,21+,22+/m1/s1. The Kier molecular flexibility index (Phi) is 6.35.